The van der Waals surface area contributed by atoms with Crippen molar-refractivity contribution in [2.45, 2.75) is 51.0 Å². The number of carbonyl (C=O) groups is 1. The highest BCUT2D eigenvalue weighted by Crippen LogP contribution is 2.35. The van der Waals surface area contributed by atoms with Crippen LogP contribution in [0.5, 0.6) is 0 Å². The Bertz CT molecular complexity index is 306. The number of nitrogens with zero attached hydrogens (tertiary/aromatic N) is 2. The van der Waals surface area contributed by atoms with Crippen molar-refractivity contribution < 1.29 is 4.79 Å². The Morgan fingerprint density at radius 2 is 1.67 bits per heavy atom. The van der Waals surface area contributed by atoms with E-state index < -0.39 is 0 Å². The van der Waals surface area contributed by atoms with E-state index in [2.05, 4.69) is 16.8 Å². The van der Waals surface area contributed by atoms with E-state index in [1.165, 1.54) is 45.2 Å². The standard InChI is InChI=1S/C15H26N2O/c1-16-10-7-12(8-11-16)14-6-3-9-17(14)15(18)13-4-2-5-13/h12-14H,2-11H2,1H3. The lowest BCUT2D eigenvalue weighted by molar-refractivity contribution is -0.140. The van der Waals surface area contributed by atoms with Gasteiger partial charge in [-0.05, 0) is 64.6 Å². The number of rotatable bonds is 2. The molecule has 0 aromatic carbocycles. The van der Waals surface area contributed by atoms with E-state index in [1.807, 2.05) is 0 Å². The van der Waals surface area contributed by atoms with Gasteiger partial charge in [0.15, 0.2) is 0 Å². The van der Waals surface area contributed by atoms with Crippen molar-refractivity contribution in [2.24, 2.45) is 11.8 Å². The topological polar surface area (TPSA) is 23.6 Å². The summed E-state index contributed by atoms with van der Waals surface area (Å²) < 4.78 is 0. The highest BCUT2D eigenvalue weighted by molar-refractivity contribution is 5.80. The first-order valence-corrected chi connectivity index (χ1v) is 7.75. The van der Waals surface area contributed by atoms with Crippen LogP contribution in [-0.4, -0.2) is 48.4 Å². The molecule has 1 atom stereocenters. The molecule has 3 fully saturated rings. The van der Waals surface area contributed by atoms with Crippen LogP contribution < -0.4 is 0 Å². The smallest absolute Gasteiger partial charge is 0.225 e. The van der Waals surface area contributed by atoms with E-state index in [4.69, 9.17) is 0 Å². The normalized spacial score (nSPS) is 31.6. The van der Waals surface area contributed by atoms with Crippen LogP contribution in [0.25, 0.3) is 0 Å². The predicted molar refractivity (Wildman–Crippen MR) is 72.3 cm³/mol. The fourth-order valence-electron chi connectivity index (χ4n) is 3.86. The number of piperidine rings is 1. The molecule has 0 radical (unpaired) electrons. The zero-order chi connectivity index (χ0) is 12.5. The molecule has 0 N–H and O–H groups in total. The molecule has 102 valence electrons. The van der Waals surface area contributed by atoms with Gasteiger partial charge in [-0.2, -0.15) is 0 Å². The van der Waals surface area contributed by atoms with Gasteiger partial charge in [-0.15, -0.1) is 0 Å². The minimum atomic E-state index is 0.386. The lowest BCUT2D eigenvalue weighted by Gasteiger charge is -2.39. The number of amides is 1. The van der Waals surface area contributed by atoms with Crippen LogP contribution in [0.3, 0.4) is 0 Å². The Balaban J connectivity index is 1.61. The summed E-state index contributed by atoms with van der Waals surface area (Å²) >= 11 is 0. The maximum atomic E-state index is 12.5. The first-order valence-electron chi connectivity index (χ1n) is 7.75. The monoisotopic (exact) mass is 250 g/mol. The number of carbonyl (C=O) groups excluding carboxylic acids is 1. The first kappa shape index (κ1) is 12.5. The van der Waals surface area contributed by atoms with Gasteiger partial charge >= 0.3 is 0 Å². The Hall–Kier alpha value is -0.570. The molecule has 0 bridgehead atoms. The summed E-state index contributed by atoms with van der Waals surface area (Å²) in [5.74, 6) is 1.65. The van der Waals surface area contributed by atoms with Gasteiger partial charge in [0.25, 0.3) is 0 Å². The van der Waals surface area contributed by atoms with Gasteiger partial charge in [0.2, 0.25) is 5.91 Å². The third-order valence-corrected chi connectivity index (χ3v) is 5.34. The molecule has 3 nitrogen and oxygen atoms in total. The van der Waals surface area contributed by atoms with Gasteiger partial charge in [-0.1, -0.05) is 6.42 Å². The molecule has 2 heterocycles. The van der Waals surface area contributed by atoms with Gasteiger partial charge < -0.3 is 9.80 Å². The minimum absolute atomic E-state index is 0.386. The van der Waals surface area contributed by atoms with Crippen molar-refractivity contribution in [1.82, 2.24) is 9.80 Å². The molecular weight excluding hydrogens is 224 g/mol. The van der Waals surface area contributed by atoms with E-state index in [9.17, 15) is 4.79 Å². The molecule has 3 heteroatoms. The van der Waals surface area contributed by atoms with Gasteiger partial charge in [0, 0.05) is 18.5 Å². The Morgan fingerprint density at radius 3 is 2.28 bits per heavy atom. The van der Waals surface area contributed by atoms with Crippen molar-refractivity contribution in [3.63, 3.8) is 0 Å². The lowest BCUT2D eigenvalue weighted by Crippen LogP contribution is -2.47. The molecule has 1 unspecified atom stereocenters. The minimum Gasteiger partial charge on any atom is -0.339 e. The summed E-state index contributed by atoms with van der Waals surface area (Å²) in [5, 5.41) is 0. The summed E-state index contributed by atoms with van der Waals surface area (Å²) in [6.45, 7) is 3.46. The fourth-order valence-corrected chi connectivity index (χ4v) is 3.86. The molecule has 18 heavy (non-hydrogen) atoms. The highest BCUT2D eigenvalue weighted by Gasteiger charge is 2.39. The van der Waals surface area contributed by atoms with Gasteiger partial charge in [-0.25, -0.2) is 0 Å². The zero-order valence-corrected chi connectivity index (χ0v) is 11.6. The largest absolute Gasteiger partial charge is 0.339 e. The second-order valence-corrected chi connectivity index (χ2v) is 6.51. The van der Waals surface area contributed by atoms with Gasteiger partial charge in [-0.3, -0.25) is 4.79 Å². The maximum absolute atomic E-state index is 12.5. The van der Waals surface area contributed by atoms with Crippen molar-refractivity contribution in [3.05, 3.63) is 0 Å². The SMILES string of the molecule is CN1CCC(C2CCCN2C(=O)C2CCC2)CC1. The maximum Gasteiger partial charge on any atom is 0.225 e. The first-order chi connectivity index (χ1) is 8.75. The van der Waals surface area contributed by atoms with Crippen LogP contribution in [0.2, 0.25) is 0 Å². The summed E-state index contributed by atoms with van der Waals surface area (Å²) in [6.07, 6.45) is 8.63. The zero-order valence-electron chi connectivity index (χ0n) is 11.6. The second kappa shape index (κ2) is 5.20. The molecule has 1 amide bonds. The Morgan fingerprint density at radius 1 is 0.944 bits per heavy atom. The number of hydrogen-bond acceptors (Lipinski definition) is 2. The average Bonchev–Trinajstić information content (AvgIpc) is 2.76. The number of likely N-dealkylation sites (tertiary alicyclic amines) is 2. The molecule has 2 aliphatic heterocycles. The lowest BCUT2D eigenvalue weighted by atomic mass is 9.83. The van der Waals surface area contributed by atoms with Crippen LogP contribution in [0, 0.1) is 11.8 Å². The second-order valence-electron chi connectivity index (χ2n) is 6.51. The molecule has 0 aromatic rings. The van der Waals surface area contributed by atoms with Crippen molar-refractivity contribution >= 4 is 5.91 Å². The van der Waals surface area contributed by atoms with Gasteiger partial charge in [0.05, 0.1) is 0 Å². The Labute approximate surface area is 111 Å². The van der Waals surface area contributed by atoms with Gasteiger partial charge in [0.1, 0.15) is 0 Å². The van der Waals surface area contributed by atoms with E-state index >= 15 is 0 Å². The van der Waals surface area contributed by atoms with Crippen molar-refractivity contribution in [3.8, 4) is 0 Å². The summed E-state index contributed by atoms with van der Waals surface area (Å²) in [5.41, 5.74) is 0. The quantitative estimate of drug-likeness (QED) is 0.749. The number of hydrogen-bond donors (Lipinski definition) is 0. The summed E-state index contributed by atoms with van der Waals surface area (Å²) in [7, 11) is 2.21. The van der Waals surface area contributed by atoms with Crippen LogP contribution in [0.15, 0.2) is 0 Å². The molecule has 1 saturated carbocycles. The molecular formula is C15H26N2O. The van der Waals surface area contributed by atoms with Crippen LogP contribution in [-0.2, 0) is 4.79 Å². The third kappa shape index (κ3) is 2.29. The average molecular weight is 250 g/mol. The molecule has 2 saturated heterocycles. The van der Waals surface area contributed by atoms with E-state index in [0.717, 1.165) is 25.3 Å². The molecule has 0 spiro atoms. The Kier molecular flexibility index (Phi) is 3.60. The fraction of sp³-hybridized carbons (Fsp3) is 0.933. The molecule has 1 aliphatic carbocycles. The molecule has 0 aromatic heterocycles. The highest BCUT2D eigenvalue weighted by atomic mass is 16.2. The van der Waals surface area contributed by atoms with Crippen LogP contribution in [0.1, 0.15) is 44.9 Å². The van der Waals surface area contributed by atoms with E-state index in [-0.39, 0.29) is 0 Å². The molecule has 3 aliphatic rings. The van der Waals surface area contributed by atoms with Crippen LogP contribution >= 0.6 is 0 Å². The van der Waals surface area contributed by atoms with Crippen molar-refractivity contribution in [1.29, 1.82) is 0 Å². The predicted octanol–water partition coefficient (Wildman–Crippen LogP) is 2.12. The molecule has 3 rings (SSSR count). The van der Waals surface area contributed by atoms with E-state index in [0.29, 0.717) is 17.9 Å². The van der Waals surface area contributed by atoms with Crippen LogP contribution in [0.4, 0.5) is 0 Å². The summed E-state index contributed by atoms with van der Waals surface area (Å²) in [4.78, 5) is 17.1. The van der Waals surface area contributed by atoms with E-state index in [1.54, 1.807) is 0 Å². The van der Waals surface area contributed by atoms with Crippen molar-refractivity contribution in [2.75, 3.05) is 26.7 Å². The third-order valence-electron chi connectivity index (χ3n) is 5.34. The summed E-state index contributed by atoms with van der Waals surface area (Å²) in [6, 6.07) is 0.576.